The number of nitrogens with one attached hydrogen (secondary N) is 2. The van der Waals surface area contributed by atoms with Gasteiger partial charge in [-0.15, -0.1) is 0 Å². The number of aliphatic imine (C=N–C) groups is 1. The molecule has 0 saturated carbocycles. The Morgan fingerprint density at radius 2 is 1.88 bits per heavy atom. The van der Waals surface area contributed by atoms with Gasteiger partial charge in [0.15, 0.2) is 5.96 Å². The summed E-state index contributed by atoms with van der Waals surface area (Å²) < 4.78 is 24.6. The maximum atomic E-state index is 11.5. The first-order chi connectivity index (χ1) is 11.4. The molecule has 2 N–H and O–H groups in total. The zero-order valence-electron chi connectivity index (χ0n) is 14.1. The predicted octanol–water partition coefficient (Wildman–Crippen LogP) is 1.68. The fourth-order valence-corrected chi connectivity index (χ4v) is 3.69. The monoisotopic (exact) mass is 372 g/mol. The summed E-state index contributed by atoms with van der Waals surface area (Å²) in [4.78, 5) is 4.22. The minimum Gasteiger partial charge on any atom is -0.356 e. The van der Waals surface area contributed by atoms with Crippen LogP contribution in [0.25, 0.3) is 0 Å². The smallest absolute Gasteiger partial charge is 0.211 e. The van der Waals surface area contributed by atoms with E-state index in [1.54, 1.807) is 11.4 Å². The normalized spacial score (nSPS) is 17.7. The second-order valence-corrected chi connectivity index (χ2v) is 8.46. The van der Waals surface area contributed by atoms with Gasteiger partial charge in [-0.2, -0.15) is 0 Å². The number of piperidine rings is 1. The van der Waals surface area contributed by atoms with Crippen molar-refractivity contribution < 1.29 is 8.42 Å². The minimum atomic E-state index is -3.06. The van der Waals surface area contributed by atoms with Gasteiger partial charge in [0, 0.05) is 38.2 Å². The van der Waals surface area contributed by atoms with E-state index >= 15 is 0 Å². The summed E-state index contributed by atoms with van der Waals surface area (Å²) in [6.07, 6.45) is 3.01. The van der Waals surface area contributed by atoms with E-state index in [0.717, 1.165) is 35.9 Å². The molecule has 0 aromatic heterocycles. The van der Waals surface area contributed by atoms with Gasteiger partial charge in [-0.05, 0) is 36.5 Å². The predicted molar refractivity (Wildman–Crippen MR) is 98.8 cm³/mol. The van der Waals surface area contributed by atoms with Gasteiger partial charge in [-0.3, -0.25) is 4.99 Å². The molecule has 1 aromatic carbocycles. The van der Waals surface area contributed by atoms with Crippen molar-refractivity contribution in [2.45, 2.75) is 19.4 Å². The van der Waals surface area contributed by atoms with E-state index in [0.29, 0.717) is 25.6 Å². The maximum absolute atomic E-state index is 11.5. The number of halogens is 1. The molecule has 6 nitrogen and oxygen atoms in total. The summed E-state index contributed by atoms with van der Waals surface area (Å²) >= 11 is 5.88. The van der Waals surface area contributed by atoms with Gasteiger partial charge in [0.05, 0.1) is 6.26 Å². The third-order valence-corrected chi connectivity index (χ3v) is 5.75. The molecule has 2 rings (SSSR count). The van der Waals surface area contributed by atoms with Gasteiger partial charge in [-0.1, -0.05) is 23.7 Å². The minimum absolute atomic E-state index is 0.456. The van der Waals surface area contributed by atoms with Crippen molar-refractivity contribution >= 4 is 27.6 Å². The molecule has 8 heteroatoms. The summed E-state index contributed by atoms with van der Waals surface area (Å²) in [6, 6.07) is 7.68. The Hall–Kier alpha value is -1.31. The Morgan fingerprint density at radius 1 is 1.25 bits per heavy atom. The number of benzene rings is 1. The van der Waals surface area contributed by atoms with Crippen LogP contribution in [0.4, 0.5) is 0 Å². The highest BCUT2D eigenvalue weighted by Crippen LogP contribution is 2.18. The van der Waals surface area contributed by atoms with Crippen LogP contribution in [0.15, 0.2) is 29.3 Å². The first-order valence-corrected chi connectivity index (χ1v) is 10.2. The van der Waals surface area contributed by atoms with Crippen LogP contribution in [0.2, 0.25) is 5.02 Å². The fourth-order valence-electron chi connectivity index (χ4n) is 2.69. The van der Waals surface area contributed by atoms with Crippen molar-refractivity contribution in [2.24, 2.45) is 10.9 Å². The molecule has 0 bridgehead atoms. The first-order valence-electron chi connectivity index (χ1n) is 8.02. The lowest BCUT2D eigenvalue weighted by Gasteiger charge is -2.30. The Kier molecular flexibility index (Phi) is 6.89. The standard InChI is InChI=1S/C16H25ClN4O2S/c1-18-16(19-11-13-3-5-15(17)6-4-13)20-12-14-7-9-21(10-8-14)24(2,22)23/h3-6,14H,7-12H2,1-2H3,(H2,18,19,20). The van der Waals surface area contributed by atoms with Crippen molar-refractivity contribution in [3.05, 3.63) is 34.9 Å². The molecule has 0 atom stereocenters. The maximum Gasteiger partial charge on any atom is 0.211 e. The second-order valence-electron chi connectivity index (χ2n) is 6.04. The number of nitrogens with zero attached hydrogens (tertiary/aromatic N) is 2. The van der Waals surface area contributed by atoms with E-state index in [9.17, 15) is 8.42 Å². The Bertz CT molecular complexity index is 653. The van der Waals surface area contributed by atoms with Crippen LogP contribution in [-0.2, 0) is 16.6 Å². The average Bonchev–Trinajstić information content (AvgIpc) is 2.56. The average molecular weight is 373 g/mol. The molecule has 0 aliphatic carbocycles. The van der Waals surface area contributed by atoms with Crippen LogP contribution in [0.1, 0.15) is 18.4 Å². The second kappa shape index (κ2) is 8.69. The van der Waals surface area contributed by atoms with Crippen LogP contribution >= 0.6 is 11.6 Å². The van der Waals surface area contributed by atoms with E-state index in [1.165, 1.54) is 6.26 Å². The van der Waals surface area contributed by atoms with Crippen molar-refractivity contribution in [2.75, 3.05) is 32.9 Å². The van der Waals surface area contributed by atoms with Gasteiger partial charge in [0.2, 0.25) is 10.0 Å². The summed E-state index contributed by atoms with van der Waals surface area (Å²) in [5.41, 5.74) is 1.13. The molecule has 1 aromatic rings. The van der Waals surface area contributed by atoms with Crippen LogP contribution in [0.5, 0.6) is 0 Å². The number of guanidine groups is 1. The fraction of sp³-hybridized carbons (Fsp3) is 0.562. The van der Waals surface area contributed by atoms with Gasteiger partial charge in [0.1, 0.15) is 0 Å². The number of hydrogen-bond donors (Lipinski definition) is 2. The summed E-state index contributed by atoms with van der Waals surface area (Å²) in [6.45, 7) is 2.66. The zero-order chi connectivity index (χ0) is 17.6. The molecule has 0 unspecified atom stereocenters. The number of hydrogen-bond acceptors (Lipinski definition) is 3. The van der Waals surface area contributed by atoms with E-state index in [1.807, 2.05) is 24.3 Å². The Morgan fingerprint density at radius 3 is 2.42 bits per heavy atom. The topological polar surface area (TPSA) is 73.8 Å². The van der Waals surface area contributed by atoms with Gasteiger partial charge in [0.25, 0.3) is 0 Å². The molecular formula is C16H25ClN4O2S. The Labute approximate surface area is 149 Å². The Balaban J connectivity index is 1.73. The molecule has 0 radical (unpaired) electrons. The van der Waals surface area contributed by atoms with Crippen LogP contribution in [0, 0.1) is 5.92 Å². The molecule has 24 heavy (non-hydrogen) atoms. The molecule has 0 spiro atoms. The number of rotatable bonds is 5. The van der Waals surface area contributed by atoms with E-state index in [4.69, 9.17) is 11.6 Å². The highest BCUT2D eigenvalue weighted by molar-refractivity contribution is 7.88. The van der Waals surface area contributed by atoms with Gasteiger partial charge in [-0.25, -0.2) is 12.7 Å². The van der Waals surface area contributed by atoms with Crippen molar-refractivity contribution in [3.8, 4) is 0 Å². The third kappa shape index (κ3) is 5.96. The summed E-state index contributed by atoms with van der Waals surface area (Å²) in [7, 11) is -1.32. The molecular weight excluding hydrogens is 348 g/mol. The lowest BCUT2D eigenvalue weighted by Crippen LogP contribution is -2.43. The summed E-state index contributed by atoms with van der Waals surface area (Å²) in [5, 5.41) is 7.31. The highest BCUT2D eigenvalue weighted by atomic mass is 35.5. The first kappa shape index (κ1) is 19.0. The molecule has 1 heterocycles. The van der Waals surface area contributed by atoms with Crippen LogP contribution < -0.4 is 10.6 Å². The zero-order valence-corrected chi connectivity index (χ0v) is 15.7. The van der Waals surface area contributed by atoms with Crippen molar-refractivity contribution in [1.29, 1.82) is 0 Å². The summed E-state index contributed by atoms with van der Waals surface area (Å²) in [5.74, 6) is 1.20. The lowest BCUT2D eigenvalue weighted by molar-refractivity contribution is 0.275. The SMILES string of the molecule is CN=C(NCc1ccc(Cl)cc1)NCC1CCN(S(C)(=O)=O)CC1. The molecule has 134 valence electrons. The van der Waals surface area contributed by atoms with Crippen molar-refractivity contribution in [1.82, 2.24) is 14.9 Å². The molecule has 1 aliphatic heterocycles. The van der Waals surface area contributed by atoms with Crippen LogP contribution in [0.3, 0.4) is 0 Å². The van der Waals surface area contributed by atoms with Gasteiger partial charge < -0.3 is 10.6 Å². The number of sulfonamides is 1. The third-order valence-electron chi connectivity index (χ3n) is 4.20. The quantitative estimate of drug-likeness (QED) is 0.609. The van der Waals surface area contributed by atoms with E-state index < -0.39 is 10.0 Å². The van der Waals surface area contributed by atoms with Crippen LogP contribution in [-0.4, -0.2) is 51.6 Å². The van der Waals surface area contributed by atoms with E-state index in [-0.39, 0.29) is 0 Å². The molecule has 1 fully saturated rings. The largest absolute Gasteiger partial charge is 0.356 e. The van der Waals surface area contributed by atoms with E-state index in [2.05, 4.69) is 15.6 Å². The van der Waals surface area contributed by atoms with Crippen molar-refractivity contribution in [3.63, 3.8) is 0 Å². The molecule has 0 amide bonds. The van der Waals surface area contributed by atoms with Gasteiger partial charge >= 0.3 is 0 Å². The molecule has 1 saturated heterocycles. The highest BCUT2D eigenvalue weighted by Gasteiger charge is 2.24. The lowest BCUT2D eigenvalue weighted by atomic mass is 9.98. The molecule has 1 aliphatic rings.